The zero-order chi connectivity index (χ0) is 13.7. The smallest absolute Gasteiger partial charge is 0.270 e. The van der Waals surface area contributed by atoms with E-state index in [0.29, 0.717) is 24.5 Å². The summed E-state index contributed by atoms with van der Waals surface area (Å²) in [5.74, 6) is -0.379. The van der Waals surface area contributed by atoms with Crippen LogP contribution in [0, 0.1) is 0 Å². The fourth-order valence-electron chi connectivity index (χ4n) is 1.71. The first-order valence-corrected chi connectivity index (χ1v) is 5.97. The van der Waals surface area contributed by atoms with Crippen molar-refractivity contribution in [2.75, 3.05) is 25.9 Å². The highest BCUT2D eigenvalue weighted by atomic mass is 16.2. The molecule has 1 heterocycles. The van der Waals surface area contributed by atoms with Crippen molar-refractivity contribution in [3.05, 3.63) is 18.0 Å². The van der Waals surface area contributed by atoms with Gasteiger partial charge in [-0.05, 0) is 19.9 Å². The molecule has 2 amide bonds. The van der Waals surface area contributed by atoms with Crippen molar-refractivity contribution in [1.29, 1.82) is 0 Å². The normalized spacial score (nSPS) is 10.2. The van der Waals surface area contributed by atoms with Gasteiger partial charge in [-0.2, -0.15) is 0 Å². The molecule has 100 valence electrons. The van der Waals surface area contributed by atoms with Crippen molar-refractivity contribution in [3.63, 3.8) is 0 Å². The Morgan fingerprint density at radius 2 is 2.11 bits per heavy atom. The van der Waals surface area contributed by atoms with Crippen LogP contribution in [0.4, 0.5) is 5.69 Å². The summed E-state index contributed by atoms with van der Waals surface area (Å²) in [4.78, 5) is 24.9. The van der Waals surface area contributed by atoms with Gasteiger partial charge < -0.3 is 20.5 Å². The van der Waals surface area contributed by atoms with Crippen LogP contribution in [0.5, 0.6) is 0 Å². The number of carbonyl (C=O) groups is 2. The maximum absolute atomic E-state index is 12.1. The molecule has 0 unspecified atom stereocenters. The quantitative estimate of drug-likeness (QED) is 0.791. The van der Waals surface area contributed by atoms with Gasteiger partial charge in [0.15, 0.2) is 0 Å². The zero-order valence-corrected chi connectivity index (χ0v) is 11.1. The van der Waals surface area contributed by atoms with Crippen molar-refractivity contribution in [2.45, 2.75) is 20.4 Å². The van der Waals surface area contributed by atoms with Gasteiger partial charge >= 0.3 is 0 Å². The molecule has 1 aromatic rings. The largest absolute Gasteiger partial charge is 0.397 e. The number of hydrogen-bond donors (Lipinski definition) is 2. The van der Waals surface area contributed by atoms with E-state index in [4.69, 9.17) is 5.73 Å². The van der Waals surface area contributed by atoms with Gasteiger partial charge in [-0.15, -0.1) is 0 Å². The van der Waals surface area contributed by atoms with E-state index in [1.165, 1.54) is 4.90 Å². The second kappa shape index (κ2) is 6.09. The van der Waals surface area contributed by atoms with Gasteiger partial charge in [0.2, 0.25) is 5.91 Å². The number of aryl methyl sites for hydroxylation is 1. The van der Waals surface area contributed by atoms with Gasteiger partial charge in [-0.3, -0.25) is 9.59 Å². The average molecular weight is 252 g/mol. The van der Waals surface area contributed by atoms with Crippen LogP contribution >= 0.6 is 0 Å². The van der Waals surface area contributed by atoms with Crippen LogP contribution in [0.1, 0.15) is 24.3 Å². The third kappa shape index (κ3) is 3.26. The Morgan fingerprint density at radius 3 is 2.67 bits per heavy atom. The number of rotatable bonds is 5. The minimum absolute atomic E-state index is 0.0431. The van der Waals surface area contributed by atoms with Crippen molar-refractivity contribution in [2.24, 2.45) is 0 Å². The molecule has 3 N–H and O–H groups in total. The fraction of sp³-hybridized carbons (Fsp3) is 0.500. The van der Waals surface area contributed by atoms with Crippen LogP contribution in [0.2, 0.25) is 0 Å². The Labute approximate surface area is 107 Å². The molecule has 0 fully saturated rings. The molecule has 0 spiro atoms. The number of anilines is 1. The van der Waals surface area contributed by atoms with Crippen LogP contribution < -0.4 is 11.1 Å². The lowest BCUT2D eigenvalue weighted by molar-refractivity contribution is -0.121. The number of amides is 2. The highest BCUT2D eigenvalue weighted by Gasteiger charge is 2.18. The third-order valence-corrected chi connectivity index (χ3v) is 2.58. The third-order valence-electron chi connectivity index (χ3n) is 2.58. The van der Waals surface area contributed by atoms with Gasteiger partial charge in [-0.25, -0.2) is 0 Å². The highest BCUT2D eigenvalue weighted by Crippen LogP contribution is 2.12. The molecule has 0 aromatic carbocycles. The lowest BCUT2D eigenvalue weighted by atomic mass is 10.3. The Bertz CT molecular complexity index is 439. The molecular formula is C12H20N4O2. The van der Waals surface area contributed by atoms with E-state index in [2.05, 4.69) is 5.32 Å². The van der Waals surface area contributed by atoms with Gasteiger partial charge in [0.05, 0.1) is 12.2 Å². The molecule has 0 saturated carbocycles. The minimum atomic E-state index is -0.209. The lowest BCUT2D eigenvalue weighted by Gasteiger charge is -2.17. The fourth-order valence-corrected chi connectivity index (χ4v) is 1.71. The van der Waals surface area contributed by atoms with E-state index < -0.39 is 0 Å². The van der Waals surface area contributed by atoms with Gasteiger partial charge in [0, 0.05) is 26.3 Å². The molecule has 1 rings (SSSR count). The number of nitrogen functional groups attached to an aromatic ring is 1. The minimum Gasteiger partial charge on any atom is -0.397 e. The average Bonchev–Trinajstić information content (AvgIpc) is 2.69. The number of hydrogen-bond acceptors (Lipinski definition) is 3. The predicted octanol–water partition coefficient (Wildman–Crippen LogP) is 0.298. The predicted molar refractivity (Wildman–Crippen MR) is 70.2 cm³/mol. The summed E-state index contributed by atoms with van der Waals surface area (Å²) in [7, 11) is 1.60. The second-order valence-corrected chi connectivity index (χ2v) is 4.06. The first-order chi connectivity index (χ1) is 8.49. The molecule has 0 saturated heterocycles. The standard InChI is InChI=1S/C12H20N4O2/c1-4-14-11(17)8-15(3)12(18)10-6-9(13)7-16(10)5-2/h6-7H,4-5,8,13H2,1-3H3,(H,14,17). The number of nitrogens with two attached hydrogens (primary N) is 1. The Kier molecular flexibility index (Phi) is 4.76. The maximum Gasteiger partial charge on any atom is 0.270 e. The summed E-state index contributed by atoms with van der Waals surface area (Å²) < 4.78 is 1.77. The van der Waals surface area contributed by atoms with Gasteiger partial charge in [0.1, 0.15) is 5.69 Å². The molecule has 0 atom stereocenters. The van der Waals surface area contributed by atoms with Crippen molar-refractivity contribution < 1.29 is 9.59 Å². The number of aromatic nitrogens is 1. The van der Waals surface area contributed by atoms with Crippen LogP contribution in [-0.4, -0.2) is 41.4 Å². The van der Waals surface area contributed by atoms with Crippen LogP contribution in [0.25, 0.3) is 0 Å². The van der Waals surface area contributed by atoms with Crippen LogP contribution in [-0.2, 0) is 11.3 Å². The Hall–Kier alpha value is -1.98. The van der Waals surface area contributed by atoms with Crippen LogP contribution in [0.15, 0.2) is 12.3 Å². The van der Waals surface area contributed by atoms with Gasteiger partial charge in [-0.1, -0.05) is 0 Å². The molecule has 1 aromatic heterocycles. The molecule has 6 heteroatoms. The van der Waals surface area contributed by atoms with E-state index in [1.54, 1.807) is 23.9 Å². The molecule has 18 heavy (non-hydrogen) atoms. The summed E-state index contributed by atoms with van der Waals surface area (Å²) in [6, 6.07) is 1.63. The molecule has 0 aliphatic rings. The summed E-state index contributed by atoms with van der Waals surface area (Å²) in [5, 5.41) is 2.65. The first-order valence-electron chi connectivity index (χ1n) is 5.97. The summed E-state index contributed by atoms with van der Waals surface area (Å²) in [5.41, 5.74) is 6.72. The van der Waals surface area contributed by atoms with Crippen molar-refractivity contribution in [1.82, 2.24) is 14.8 Å². The molecule has 0 radical (unpaired) electrons. The topological polar surface area (TPSA) is 80.4 Å². The number of nitrogens with zero attached hydrogens (tertiary/aromatic N) is 2. The zero-order valence-electron chi connectivity index (χ0n) is 11.1. The van der Waals surface area contributed by atoms with E-state index in [-0.39, 0.29) is 18.4 Å². The lowest BCUT2D eigenvalue weighted by Crippen LogP contribution is -2.38. The maximum atomic E-state index is 12.1. The van der Waals surface area contributed by atoms with E-state index in [0.717, 1.165) is 0 Å². The number of likely N-dealkylation sites (N-methyl/N-ethyl adjacent to an activating group) is 2. The molecule has 0 aliphatic carbocycles. The van der Waals surface area contributed by atoms with E-state index in [9.17, 15) is 9.59 Å². The monoisotopic (exact) mass is 252 g/mol. The second-order valence-electron chi connectivity index (χ2n) is 4.06. The number of nitrogens with one attached hydrogen (secondary N) is 1. The summed E-state index contributed by atoms with van der Waals surface area (Å²) in [6.45, 7) is 5.02. The Morgan fingerprint density at radius 1 is 1.44 bits per heavy atom. The molecule has 0 bridgehead atoms. The molecular weight excluding hydrogens is 232 g/mol. The van der Waals surface area contributed by atoms with Crippen molar-refractivity contribution >= 4 is 17.5 Å². The number of carbonyl (C=O) groups excluding carboxylic acids is 2. The van der Waals surface area contributed by atoms with Crippen LogP contribution in [0.3, 0.4) is 0 Å². The van der Waals surface area contributed by atoms with Crippen molar-refractivity contribution in [3.8, 4) is 0 Å². The highest BCUT2D eigenvalue weighted by molar-refractivity contribution is 5.96. The Balaban J connectivity index is 2.76. The summed E-state index contributed by atoms with van der Waals surface area (Å²) in [6.07, 6.45) is 1.72. The van der Waals surface area contributed by atoms with E-state index >= 15 is 0 Å². The molecule has 0 aliphatic heterocycles. The van der Waals surface area contributed by atoms with Gasteiger partial charge in [0.25, 0.3) is 5.91 Å². The summed E-state index contributed by atoms with van der Waals surface area (Å²) >= 11 is 0. The first kappa shape index (κ1) is 14.1. The van der Waals surface area contributed by atoms with E-state index in [1.807, 2.05) is 13.8 Å². The SMILES string of the molecule is CCNC(=O)CN(C)C(=O)c1cc(N)cn1CC. The molecule has 6 nitrogen and oxygen atoms in total.